The molecule has 0 saturated heterocycles. The quantitative estimate of drug-likeness (QED) is 0.0771. The Bertz CT molecular complexity index is 911. The van der Waals surface area contributed by atoms with E-state index in [2.05, 4.69) is 11.9 Å². The molecule has 220 valence electrons. The van der Waals surface area contributed by atoms with Gasteiger partial charge in [-0.15, -0.1) is 0 Å². The van der Waals surface area contributed by atoms with Gasteiger partial charge in [0.1, 0.15) is 0 Å². The molecule has 0 aromatic carbocycles. The van der Waals surface area contributed by atoms with E-state index in [1.165, 1.54) is 94.2 Å². The number of aromatic amines is 1. The molecule has 0 spiro atoms. The van der Waals surface area contributed by atoms with Crippen molar-refractivity contribution in [2.24, 2.45) is 0 Å². The van der Waals surface area contributed by atoms with Crippen molar-refractivity contribution < 1.29 is 18.7 Å². The number of allylic oxidation sites excluding steroid dienone is 2. The summed E-state index contributed by atoms with van der Waals surface area (Å²) in [5, 5.41) is 0. The molecule has 1 rings (SSSR count). The molecule has 38 heavy (non-hydrogen) atoms. The zero-order valence-electron chi connectivity index (χ0n) is 24.0. The average Bonchev–Trinajstić information content (AvgIpc) is 2.88. The summed E-state index contributed by atoms with van der Waals surface area (Å²) in [4.78, 5) is 35.3. The molecular formula is C29H53N2O6P. The second-order valence-corrected chi connectivity index (χ2v) is 12.2. The van der Waals surface area contributed by atoms with Gasteiger partial charge in [0.25, 0.3) is 5.56 Å². The maximum atomic E-state index is 12.1. The molecule has 1 heterocycles. The zero-order chi connectivity index (χ0) is 27.9. The molecule has 0 aliphatic heterocycles. The molecule has 1 atom stereocenters. The van der Waals surface area contributed by atoms with Crippen molar-refractivity contribution in [1.29, 1.82) is 0 Å². The lowest BCUT2D eigenvalue weighted by molar-refractivity contribution is 0.113. The highest BCUT2D eigenvalue weighted by molar-refractivity contribution is 7.52. The predicted octanol–water partition coefficient (Wildman–Crippen LogP) is 6.88. The smallest absolute Gasteiger partial charge is 0.328 e. The van der Waals surface area contributed by atoms with Gasteiger partial charge in [0.05, 0.1) is 12.8 Å². The van der Waals surface area contributed by atoms with E-state index in [0.29, 0.717) is 25.0 Å². The van der Waals surface area contributed by atoms with Gasteiger partial charge in [-0.05, 0) is 26.2 Å². The summed E-state index contributed by atoms with van der Waals surface area (Å²) in [5.74, 6) is 0. The minimum atomic E-state index is -3.64. The van der Waals surface area contributed by atoms with E-state index in [-0.39, 0.29) is 19.3 Å². The Hall–Kier alpha value is -1.47. The predicted molar refractivity (Wildman–Crippen MR) is 156 cm³/mol. The second kappa shape index (κ2) is 22.4. The minimum Gasteiger partial charge on any atom is -0.381 e. The Morgan fingerprint density at radius 1 is 0.842 bits per heavy atom. The van der Waals surface area contributed by atoms with Crippen LogP contribution in [0.4, 0.5) is 0 Å². The molecule has 0 fully saturated rings. The van der Waals surface area contributed by atoms with Crippen LogP contribution in [0.3, 0.4) is 0 Å². The SMILES string of the molecule is CCCCCCCCCCCCCCCCOCCCOP(=O)(O)CC/C=C\Cn1cc(C)c(=O)[nH]c1=O. The van der Waals surface area contributed by atoms with Crippen molar-refractivity contribution in [3.05, 3.63) is 44.8 Å². The van der Waals surface area contributed by atoms with Gasteiger partial charge in [-0.25, -0.2) is 4.79 Å². The molecule has 9 heteroatoms. The highest BCUT2D eigenvalue weighted by Crippen LogP contribution is 2.42. The minimum absolute atomic E-state index is 0.0168. The van der Waals surface area contributed by atoms with Crippen molar-refractivity contribution in [1.82, 2.24) is 9.55 Å². The number of hydrogen-bond donors (Lipinski definition) is 2. The van der Waals surface area contributed by atoms with Crippen LogP contribution in [0, 0.1) is 6.92 Å². The summed E-state index contributed by atoms with van der Waals surface area (Å²) in [6.45, 7) is 5.64. The normalized spacial score (nSPS) is 13.3. The van der Waals surface area contributed by atoms with E-state index in [0.717, 1.165) is 13.0 Å². The van der Waals surface area contributed by atoms with E-state index < -0.39 is 18.8 Å². The highest BCUT2D eigenvalue weighted by atomic mass is 31.2. The van der Waals surface area contributed by atoms with E-state index >= 15 is 0 Å². The van der Waals surface area contributed by atoms with Gasteiger partial charge >= 0.3 is 13.3 Å². The number of H-pyrrole nitrogens is 1. The summed E-state index contributed by atoms with van der Waals surface area (Å²) in [6, 6.07) is 0. The Morgan fingerprint density at radius 3 is 2.00 bits per heavy atom. The topological polar surface area (TPSA) is 111 Å². The van der Waals surface area contributed by atoms with Crippen LogP contribution < -0.4 is 11.2 Å². The first kappa shape index (κ1) is 34.6. The standard InChI is InChI=1S/C29H53N2O6P/c1-3-4-5-6-7-8-9-10-11-12-13-14-15-18-22-36-23-20-24-37-38(34,35)25-19-16-17-21-31-26-27(2)28(32)30-29(31)33/h16-17,26H,3-15,18-25H2,1-2H3,(H,34,35)(H,30,32,33)/b17-16-. The molecule has 0 aliphatic rings. The molecule has 0 amide bonds. The molecule has 0 radical (unpaired) electrons. The van der Waals surface area contributed by atoms with Gasteiger partial charge in [0.2, 0.25) is 0 Å². The van der Waals surface area contributed by atoms with E-state index in [4.69, 9.17) is 9.26 Å². The van der Waals surface area contributed by atoms with Gasteiger partial charge in [-0.1, -0.05) is 103 Å². The number of hydrogen-bond acceptors (Lipinski definition) is 5. The molecule has 8 nitrogen and oxygen atoms in total. The van der Waals surface area contributed by atoms with Gasteiger partial charge in [0, 0.05) is 31.5 Å². The van der Waals surface area contributed by atoms with Gasteiger partial charge in [-0.2, -0.15) is 0 Å². The fourth-order valence-electron chi connectivity index (χ4n) is 4.23. The molecule has 1 unspecified atom stereocenters. The van der Waals surface area contributed by atoms with E-state index in [9.17, 15) is 19.0 Å². The number of rotatable bonds is 25. The molecule has 0 aliphatic carbocycles. The lowest BCUT2D eigenvalue weighted by Crippen LogP contribution is -2.30. The first-order valence-electron chi connectivity index (χ1n) is 14.8. The van der Waals surface area contributed by atoms with Crippen molar-refractivity contribution in [3.63, 3.8) is 0 Å². The Labute approximate surface area is 229 Å². The van der Waals surface area contributed by atoms with Crippen molar-refractivity contribution in [2.75, 3.05) is 26.0 Å². The fraction of sp³-hybridized carbons (Fsp3) is 0.793. The van der Waals surface area contributed by atoms with Crippen LogP contribution in [0.2, 0.25) is 0 Å². The van der Waals surface area contributed by atoms with Gasteiger partial charge in [0.15, 0.2) is 0 Å². The molecule has 1 aromatic heterocycles. The largest absolute Gasteiger partial charge is 0.381 e. The van der Waals surface area contributed by atoms with Crippen LogP contribution in [0.1, 0.15) is 115 Å². The molecule has 1 aromatic rings. The Kier molecular flexibility index (Phi) is 20.3. The summed E-state index contributed by atoms with van der Waals surface area (Å²) in [6.07, 6.45) is 24.6. The molecule has 0 saturated carbocycles. The number of aromatic nitrogens is 2. The van der Waals surface area contributed by atoms with Crippen LogP contribution in [-0.2, 0) is 20.4 Å². The third kappa shape index (κ3) is 18.7. The van der Waals surface area contributed by atoms with Gasteiger partial charge in [-0.3, -0.25) is 18.9 Å². The third-order valence-electron chi connectivity index (χ3n) is 6.60. The Balaban J connectivity index is 1.90. The zero-order valence-corrected chi connectivity index (χ0v) is 24.9. The number of unbranched alkanes of at least 4 members (excludes halogenated alkanes) is 13. The summed E-state index contributed by atoms with van der Waals surface area (Å²) >= 11 is 0. The number of aryl methyl sites for hydroxylation is 1. The molecular weight excluding hydrogens is 503 g/mol. The molecule has 0 bridgehead atoms. The summed E-state index contributed by atoms with van der Waals surface area (Å²) in [7, 11) is -3.64. The Morgan fingerprint density at radius 2 is 1.39 bits per heavy atom. The van der Waals surface area contributed by atoms with Crippen LogP contribution in [-0.4, -0.2) is 40.4 Å². The summed E-state index contributed by atoms with van der Waals surface area (Å²) < 4.78 is 24.3. The third-order valence-corrected chi connectivity index (χ3v) is 8.01. The monoisotopic (exact) mass is 556 g/mol. The lowest BCUT2D eigenvalue weighted by Gasteiger charge is -2.11. The van der Waals surface area contributed by atoms with Crippen molar-refractivity contribution >= 4 is 7.60 Å². The van der Waals surface area contributed by atoms with Crippen molar-refractivity contribution in [3.8, 4) is 0 Å². The maximum absolute atomic E-state index is 12.1. The lowest BCUT2D eigenvalue weighted by atomic mass is 10.0. The van der Waals surface area contributed by atoms with E-state index in [1.807, 2.05) is 0 Å². The highest BCUT2D eigenvalue weighted by Gasteiger charge is 2.17. The van der Waals surface area contributed by atoms with Crippen molar-refractivity contribution in [2.45, 2.75) is 123 Å². The first-order valence-corrected chi connectivity index (χ1v) is 16.6. The fourth-order valence-corrected chi connectivity index (χ4v) is 5.25. The average molecular weight is 557 g/mol. The van der Waals surface area contributed by atoms with Crippen LogP contribution in [0.25, 0.3) is 0 Å². The first-order chi connectivity index (χ1) is 18.4. The number of nitrogens with one attached hydrogen (secondary N) is 1. The van der Waals surface area contributed by atoms with Crippen LogP contribution in [0.5, 0.6) is 0 Å². The maximum Gasteiger partial charge on any atom is 0.328 e. The summed E-state index contributed by atoms with van der Waals surface area (Å²) in [5.41, 5.74) is -0.420. The van der Waals surface area contributed by atoms with Gasteiger partial charge < -0.3 is 14.2 Å². The van der Waals surface area contributed by atoms with Crippen LogP contribution in [0.15, 0.2) is 27.9 Å². The van der Waals surface area contributed by atoms with E-state index in [1.54, 1.807) is 19.1 Å². The molecule has 2 N–H and O–H groups in total. The number of ether oxygens (including phenoxy) is 1. The number of nitrogens with zero attached hydrogens (tertiary/aromatic N) is 1. The second-order valence-electron chi connectivity index (χ2n) is 10.2. The van der Waals surface area contributed by atoms with Crippen LogP contribution >= 0.6 is 7.60 Å².